The summed E-state index contributed by atoms with van der Waals surface area (Å²) in [6.07, 6.45) is 2.47. The fraction of sp³-hybridized carbons (Fsp3) is 0.238. The molecule has 3 heteroatoms. The molecule has 3 aromatic carbocycles. The smallest absolute Gasteiger partial charge is 0.0602 e. The number of rotatable bonds is 3. The number of fused-ring (bicyclic) bond motifs is 1. The number of anilines is 2. The van der Waals surface area contributed by atoms with Gasteiger partial charge in [0.15, 0.2) is 0 Å². The molecular weight excluding hydrogens is 294 g/mol. The Balaban J connectivity index is 1.72. The highest BCUT2D eigenvalue weighted by molar-refractivity contribution is 6.01. The first-order chi connectivity index (χ1) is 11.8. The predicted octanol–water partition coefficient (Wildman–Crippen LogP) is 4.44. The predicted molar refractivity (Wildman–Crippen MR) is 102 cm³/mol. The van der Waals surface area contributed by atoms with E-state index in [4.69, 9.17) is 5.73 Å². The van der Waals surface area contributed by atoms with E-state index < -0.39 is 0 Å². The van der Waals surface area contributed by atoms with Gasteiger partial charge in [-0.1, -0.05) is 54.6 Å². The molecule has 1 aliphatic rings. The monoisotopic (exact) mass is 317 g/mol. The number of hydrogen-bond donors (Lipinski definition) is 1. The molecule has 0 spiro atoms. The first kappa shape index (κ1) is 15.0. The molecule has 122 valence electrons. The lowest BCUT2D eigenvalue weighted by atomic mass is 10.1. The Hall–Kier alpha value is -2.52. The summed E-state index contributed by atoms with van der Waals surface area (Å²) in [5.74, 6) is 0. The minimum atomic E-state index is 0.848. The molecule has 0 saturated carbocycles. The molecule has 24 heavy (non-hydrogen) atoms. The normalized spacial score (nSPS) is 15.8. The molecule has 1 saturated heterocycles. The molecule has 0 unspecified atom stereocenters. The lowest BCUT2D eigenvalue weighted by Gasteiger charge is -2.41. The summed E-state index contributed by atoms with van der Waals surface area (Å²) < 4.78 is 0. The second-order valence-corrected chi connectivity index (χ2v) is 6.42. The van der Waals surface area contributed by atoms with E-state index in [-0.39, 0.29) is 0 Å². The van der Waals surface area contributed by atoms with Crippen molar-refractivity contribution in [3.05, 3.63) is 72.3 Å². The second-order valence-electron chi connectivity index (χ2n) is 6.42. The van der Waals surface area contributed by atoms with Gasteiger partial charge in [-0.25, -0.2) is 5.01 Å². The van der Waals surface area contributed by atoms with E-state index in [2.05, 4.69) is 70.7 Å². The van der Waals surface area contributed by atoms with Gasteiger partial charge in [-0.15, -0.1) is 0 Å². The second kappa shape index (κ2) is 6.54. The zero-order chi connectivity index (χ0) is 16.4. The van der Waals surface area contributed by atoms with Crippen molar-refractivity contribution < 1.29 is 0 Å². The van der Waals surface area contributed by atoms with Crippen LogP contribution >= 0.6 is 0 Å². The van der Waals surface area contributed by atoms with Crippen molar-refractivity contribution in [2.45, 2.75) is 19.4 Å². The molecule has 3 aromatic rings. The van der Waals surface area contributed by atoms with Gasteiger partial charge in [-0.3, -0.25) is 0 Å². The third-order valence-electron chi connectivity index (χ3n) is 4.80. The summed E-state index contributed by atoms with van der Waals surface area (Å²) in [7, 11) is 0. The fourth-order valence-corrected chi connectivity index (χ4v) is 3.58. The molecule has 0 aromatic heterocycles. The number of nitrogens with zero attached hydrogens (tertiary/aromatic N) is 2. The van der Waals surface area contributed by atoms with Gasteiger partial charge in [0.05, 0.1) is 5.69 Å². The van der Waals surface area contributed by atoms with Crippen LogP contribution in [0.2, 0.25) is 0 Å². The van der Waals surface area contributed by atoms with Crippen LogP contribution in [-0.2, 0) is 6.54 Å². The van der Waals surface area contributed by atoms with Crippen LogP contribution in [-0.4, -0.2) is 18.1 Å². The molecule has 1 fully saturated rings. The highest BCUT2D eigenvalue weighted by atomic mass is 15.6. The molecule has 0 atom stereocenters. The van der Waals surface area contributed by atoms with Crippen molar-refractivity contribution in [1.82, 2.24) is 5.01 Å². The summed E-state index contributed by atoms with van der Waals surface area (Å²) in [5, 5.41) is 7.28. The first-order valence-corrected chi connectivity index (χ1v) is 8.66. The van der Waals surface area contributed by atoms with Crippen LogP contribution < -0.4 is 10.7 Å². The molecular formula is C21H23N3. The van der Waals surface area contributed by atoms with Gasteiger partial charge in [-0.2, -0.15) is 0 Å². The molecule has 2 N–H and O–H groups in total. The summed E-state index contributed by atoms with van der Waals surface area (Å²) in [5.41, 5.74) is 9.64. The maximum atomic E-state index is 6.18. The van der Waals surface area contributed by atoms with Crippen LogP contribution in [0.15, 0.2) is 66.7 Å². The third kappa shape index (κ3) is 2.83. The summed E-state index contributed by atoms with van der Waals surface area (Å²) in [6.45, 7) is 3.09. The minimum absolute atomic E-state index is 0.848. The molecule has 0 aliphatic carbocycles. The van der Waals surface area contributed by atoms with Gasteiger partial charge in [-0.05, 0) is 30.5 Å². The summed E-state index contributed by atoms with van der Waals surface area (Å²) in [4.78, 5) is 0. The highest BCUT2D eigenvalue weighted by Gasteiger charge is 2.22. The molecule has 0 radical (unpaired) electrons. The van der Waals surface area contributed by atoms with Crippen molar-refractivity contribution in [1.29, 1.82) is 0 Å². The maximum Gasteiger partial charge on any atom is 0.0602 e. The van der Waals surface area contributed by atoms with Crippen LogP contribution in [0.5, 0.6) is 0 Å². The number of nitrogen functional groups attached to an aromatic ring is 1. The number of hydrazine groups is 1. The van der Waals surface area contributed by atoms with E-state index in [1.807, 2.05) is 6.07 Å². The van der Waals surface area contributed by atoms with Crippen LogP contribution in [0.3, 0.4) is 0 Å². The SMILES string of the molecule is Nc1ccc(N2CCCCN2Cc2ccccc2)c2ccccc12. The molecule has 0 amide bonds. The molecule has 1 aliphatic heterocycles. The lowest BCUT2D eigenvalue weighted by molar-refractivity contribution is 0.205. The van der Waals surface area contributed by atoms with Crippen molar-refractivity contribution >= 4 is 22.1 Å². The van der Waals surface area contributed by atoms with Crippen LogP contribution in [0.1, 0.15) is 18.4 Å². The molecule has 4 rings (SSSR count). The molecule has 3 nitrogen and oxygen atoms in total. The standard InChI is InChI=1S/C21H23N3/c22-20-12-13-21(19-11-5-4-10-18(19)20)24-15-7-6-14-23(24)16-17-8-2-1-3-9-17/h1-5,8-13H,6-7,14-16,22H2. The maximum absolute atomic E-state index is 6.18. The number of nitrogens with two attached hydrogens (primary N) is 1. The van der Waals surface area contributed by atoms with Crippen LogP contribution in [0.25, 0.3) is 10.8 Å². The fourth-order valence-electron chi connectivity index (χ4n) is 3.58. The summed E-state index contributed by atoms with van der Waals surface area (Å²) >= 11 is 0. The van der Waals surface area contributed by atoms with Gasteiger partial charge in [0.2, 0.25) is 0 Å². The molecule has 0 bridgehead atoms. The Morgan fingerprint density at radius 1 is 0.750 bits per heavy atom. The van der Waals surface area contributed by atoms with E-state index in [0.717, 1.165) is 30.7 Å². The lowest BCUT2D eigenvalue weighted by Crippen LogP contribution is -2.47. The van der Waals surface area contributed by atoms with Crippen molar-refractivity contribution in [3.8, 4) is 0 Å². The van der Waals surface area contributed by atoms with Gasteiger partial charge in [0.25, 0.3) is 0 Å². The van der Waals surface area contributed by atoms with Gasteiger partial charge >= 0.3 is 0 Å². The van der Waals surface area contributed by atoms with Crippen molar-refractivity contribution in [2.24, 2.45) is 0 Å². The first-order valence-electron chi connectivity index (χ1n) is 8.66. The Morgan fingerprint density at radius 3 is 2.29 bits per heavy atom. The zero-order valence-corrected chi connectivity index (χ0v) is 13.9. The third-order valence-corrected chi connectivity index (χ3v) is 4.80. The van der Waals surface area contributed by atoms with Gasteiger partial charge < -0.3 is 10.7 Å². The minimum Gasteiger partial charge on any atom is -0.398 e. The zero-order valence-electron chi connectivity index (χ0n) is 13.9. The van der Waals surface area contributed by atoms with E-state index in [1.54, 1.807) is 0 Å². The largest absolute Gasteiger partial charge is 0.398 e. The van der Waals surface area contributed by atoms with Crippen molar-refractivity contribution in [3.63, 3.8) is 0 Å². The van der Waals surface area contributed by atoms with Gasteiger partial charge in [0, 0.05) is 36.1 Å². The number of benzene rings is 3. The van der Waals surface area contributed by atoms with E-state index in [1.165, 1.54) is 29.5 Å². The van der Waals surface area contributed by atoms with Crippen molar-refractivity contribution in [2.75, 3.05) is 23.8 Å². The topological polar surface area (TPSA) is 32.5 Å². The van der Waals surface area contributed by atoms with Gasteiger partial charge in [0.1, 0.15) is 0 Å². The summed E-state index contributed by atoms with van der Waals surface area (Å²) in [6, 6.07) is 23.3. The number of hydrogen-bond acceptors (Lipinski definition) is 3. The van der Waals surface area contributed by atoms with Crippen LogP contribution in [0, 0.1) is 0 Å². The Kier molecular flexibility index (Phi) is 4.09. The Labute approximate surface area is 143 Å². The average Bonchev–Trinajstić information content (AvgIpc) is 2.64. The quantitative estimate of drug-likeness (QED) is 0.725. The van der Waals surface area contributed by atoms with E-state index in [9.17, 15) is 0 Å². The molecule has 1 heterocycles. The van der Waals surface area contributed by atoms with Crippen LogP contribution in [0.4, 0.5) is 11.4 Å². The Morgan fingerprint density at radius 2 is 1.46 bits per heavy atom. The van der Waals surface area contributed by atoms with E-state index >= 15 is 0 Å². The highest BCUT2D eigenvalue weighted by Crippen LogP contribution is 2.33. The van der Waals surface area contributed by atoms with E-state index in [0.29, 0.717) is 0 Å². The Bertz CT molecular complexity index is 829. The average molecular weight is 317 g/mol.